The van der Waals surface area contributed by atoms with Gasteiger partial charge in [-0.15, -0.1) is 0 Å². The molecule has 6 rings (SSSR count). The predicted molar refractivity (Wildman–Crippen MR) is 176 cm³/mol. The van der Waals surface area contributed by atoms with Crippen molar-refractivity contribution in [2.24, 2.45) is 0 Å². The second-order valence-electron chi connectivity index (χ2n) is 10.2. The van der Waals surface area contributed by atoms with Crippen molar-refractivity contribution in [1.82, 2.24) is 0 Å². The van der Waals surface area contributed by atoms with Crippen LogP contribution in [0.3, 0.4) is 0 Å². The Morgan fingerprint density at radius 2 is 1.39 bits per heavy atom. The number of hydrogen-bond donors (Lipinski definition) is 0. The number of carbonyl (C=O) groups is 2. The van der Waals surface area contributed by atoms with E-state index in [9.17, 15) is 14.0 Å². The number of fused-ring (bicyclic) bond motifs is 4. The smallest absolute Gasteiger partial charge is 0.404 e. The monoisotopic (exact) mass is 712 g/mol. The molecule has 0 amide bonds. The van der Waals surface area contributed by atoms with E-state index < -0.39 is 17.9 Å². The minimum Gasteiger partial charge on any atom is -0.465 e. The highest BCUT2D eigenvalue weighted by Crippen LogP contribution is 2.50. The summed E-state index contributed by atoms with van der Waals surface area (Å²) in [6.45, 7) is 0. The second-order valence-corrected chi connectivity index (χ2v) is 12.0. The van der Waals surface area contributed by atoms with Crippen LogP contribution in [-0.4, -0.2) is 26.2 Å². The number of carbonyl (C=O) groups excluding carboxylic acids is 2. The van der Waals surface area contributed by atoms with Crippen molar-refractivity contribution in [2.45, 2.75) is 5.92 Å². The molecule has 5 nitrogen and oxygen atoms in total. The Balaban J connectivity index is 1.63. The Morgan fingerprint density at radius 3 is 2.00 bits per heavy atom. The van der Waals surface area contributed by atoms with E-state index in [-0.39, 0.29) is 17.1 Å². The maximum atomic E-state index is 13.8. The fraction of sp³-hybridized carbons (Fsp3) is 0.0833. The highest BCUT2D eigenvalue weighted by molar-refractivity contribution is 9.10. The Hall–Kier alpha value is -4.40. The van der Waals surface area contributed by atoms with Gasteiger partial charge < -0.3 is 9.47 Å². The van der Waals surface area contributed by atoms with E-state index in [0.29, 0.717) is 5.52 Å². The van der Waals surface area contributed by atoms with Crippen LogP contribution in [0.2, 0.25) is 0 Å². The zero-order chi connectivity index (χ0) is 31.0. The summed E-state index contributed by atoms with van der Waals surface area (Å²) in [4.78, 5) is 27.6. The summed E-state index contributed by atoms with van der Waals surface area (Å²) in [7, 11) is 2.60. The van der Waals surface area contributed by atoms with Crippen LogP contribution >= 0.6 is 31.9 Å². The molecule has 218 valence electrons. The maximum absolute atomic E-state index is 13.8. The van der Waals surface area contributed by atoms with E-state index in [0.717, 1.165) is 47.7 Å². The molecule has 0 saturated heterocycles. The lowest BCUT2D eigenvalue weighted by Crippen LogP contribution is -2.40. The summed E-state index contributed by atoms with van der Waals surface area (Å²) in [5.74, 6) is -2.26. The maximum Gasteiger partial charge on any atom is 0.404 e. The number of aromatic nitrogens is 1. The summed E-state index contributed by atoms with van der Waals surface area (Å²) in [6, 6.07) is 27.5. The number of esters is 2. The molecule has 44 heavy (non-hydrogen) atoms. The lowest BCUT2D eigenvalue weighted by atomic mass is 9.87. The van der Waals surface area contributed by atoms with Crippen LogP contribution in [0.25, 0.3) is 39.9 Å². The first-order chi connectivity index (χ1) is 21.3. The van der Waals surface area contributed by atoms with Gasteiger partial charge in [0.25, 0.3) is 0 Å². The average molecular weight is 714 g/mol. The Labute approximate surface area is 270 Å². The Bertz CT molecular complexity index is 1970. The van der Waals surface area contributed by atoms with Crippen molar-refractivity contribution in [1.29, 1.82) is 0 Å². The molecule has 8 heteroatoms. The van der Waals surface area contributed by atoms with E-state index in [1.807, 2.05) is 78.9 Å². The minimum atomic E-state index is -0.685. The fourth-order valence-corrected chi connectivity index (χ4v) is 6.52. The highest BCUT2D eigenvalue weighted by Gasteiger charge is 2.43. The number of ether oxygens (including phenoxy) is 2. The molecular weight excluding hydrogens is 689 g/mol. The molecule has 1 heterocycles. The molecule has 0 fully saturated rings. The van der Waals surface area contributed by atoms with Crippen LogP contribution in [0.4, 0.5) is 4.39 Å². The van der Waals surface area contributed by atoms with Gasteiger partial charge in [-0.25, -0.2) is 14.0 Å². The standard InChI is InChI=1S/C36H25Br2FNO4/c1-43-35(41)33(32-29-19-23(37)11-15-27(29)28-16-12-24(38)20-30(28)32)34(36(42)44-2)40-18-17-22(26-5-3-4-6-31(26)40)10-7-21-8-13-25(39)14-9-21/h3-20,32H,1-2H3/q+1/b10-7+,34-33-. The zero-order valence-corrected chi connectivity index (χ0v) is 26.9. The Morgan fingerprint density at radius 1 is 0.773 bits per heavy atom. The second kappa shape index (κ2) is 12.3. The van der Waals surface area contributed by atoms with Crippen molar-refractivity contribution in [3.05, 3.63) is 140 Å². The summed E-state index contributed by atoms with van der Waals surface area (Å²) in [5, 5.41) is 0.830. The summed E-state index contributed by atoms with van der Waals surface area (Å²) in [5.41, 5.74) is 6.23. The summed E-state index contributed by atoms with van der Waals surface area (Å²) >= 11 is 7.18. The van der Waals surface area contributed by atoms with Gasteiger partial charge in [-0.05, 0) is 75.8 Å². The van der Waals surface area contributed by atoms with Gasteiger partial charge >= 0.3 is 17.6 Å². The average Bonchev–Trinajstić information content (AvgIpc) is 3.34. The van der Waals surface area contributed by atoms with Crippen LogP contribution in [0, 0.1) is 5.82 Å². The SMILES string of the molecule is COC(=O)/C(=C(/C(=O)OC)[n+]1ccc(/C=C/c2ccc(F)cc2)c2ccccc21)C1c2cc(Br)ccc2-c2ccc(Br)cc21. The van der Waals surface area contributed by atoms with Crippen LogP contribution in [0.5, 0.6) is 0 Å². The molecule has 0 saturated carbocycles. The number of rotatable bonds is 6. The van der Waals surface area contributed by atoms with E-state index >= 15 is 0 Å². The van der Waals surface area contributed by atoms with Gasteiger partial charge in [0.05, 0.1) is 19.6 Å². The van der Waals surface area contributed by atoms with Crippen molar-refractivity contribution in [3.8, 4) is 11.1 Å². The summed E-state index contributed by atoms with van der Waals surface area (Å²) in [6.07, 6.45) is 5.58. The van der Waals surface area contributed by atoms with Gasteiger partial charge in [0, 0.05) is 27.0 Å². The first-order valence-electron chi connectivity index (χ1n) is 13.7. The first-order valence-corrected chi connectivity index (χ1v) is 15.3. The predicted octanol–water partition coefficient (Wildman–Crippen LogP) is 8.33. The van der Waals surface area contributed by atoms with E-state index in [4.69, 9.17) is 9.47 Å². The molecule has 0 radical (unpaired) electrons. The molecule has 0 N–H and O–H groups in total. The Kier molecular flexibility index (Phi) is 8.29. The van der Waals surface area contributed by atoms with E-state index in [1.165, 1.54) is 26.4 Å². The largest absolute Gasteiger partial charge is 0.465 e. The van der Waals surface area contributed by atoms with Gasteiger partial charge in [-0.2, -0.15) is 4.57 Å². The molecule has 0 aliphatic heterocycles. The number of hydrogen-bond acceptors (Lipinski definition) is 4. The first kappa shape index (κ1) is 29.7. The van der Waals surface area contributed by atoms with Crippen LogP contribution in [0.1, 0.15) is 28.2 Å². The van der Waals surface area contributed by atoms with E-state index in [1.54, 1.807) is 22.9 Å². The van der Waals surface area contributed by atoms with Crippen LogP contribution in [-0.2, 0) is 19.1 Å². The van der Waals surface area contributed by atoms with Gasteiger partial charge in [-0.1, -0.05) is 80.4 Å². The molecular formula is C36H25Br2FNO4+. The minimum absolute atomic E-state index is 0.0494. The molecule has 4 aromatic carbocycles. The van der Waals surface area contributed by atoms with Crippen molar-refractivity contribution < 1.29 is 28.0 Å². The van der Waals surface area contributed by atoms with E-state index in [2.05, 4.69) is 31.9 Å². The number of pyridine rings is 1. The molecule has 0 spiro atoms. The third kappa shape index (κ3) is 5.40. The summed E-state index contributed by atoms with van der Waals surface area (Å²) < 4.78 is 27.5. The molecule has 1 aliphatic carbocycles. The molecule has 0 atom stereocenters. The molecule has 5 aromatic rings. The normalized spacial score (nSPS) is 13.0. The molecule has 1 aliphatic rings. The number of benzene rings is 4. The topological polar surface area (TPSA) is 56.5 Å². The van der Waals surface area contributed by atoms with Gasteiger partial charge in [0.1, 0.15) is 11.4 Å². The van der Waals surface area contributed by atoms with Gasteiger partial charge in [0.2, 0.25) is 5.52 Å². The highest BCUT2D eigenvalue weighted by atomic mass is 79.9. The molecule has 0 bridgehead atoms. The molecule has 1 aromatic heterocycles. The van der Waals surface area contributed by atoms with Crippen molar-refractivity contribution in [3.63, 3.8) is 0 Å². The lowest BCUT2D eigenvalue weighted by Gasteiger charge is -2.18. The van der Waals surface area contributed by atoms with Gasteiger partial charge in [-0.3, -0.25) is 0 Å². The fourth-order valence-electron chi connectivity index (χ4n) is 5.76. The number of methoxy groups -OCH3 is 2. The van der Waals surface area contributed by atoms with Gasteiger partial charge in [0.15, 0.2) is 6.20 Å². The molecule has 0 unspecified atom stereocenters. The van der Waals surface area contributed by atoms with Crippen molar-refractivity contribution >= 4 is 72.6 Å². The lowest BCUT2D eigenvalue weighted by molar-refractivity contribution is -0.550. The third-order valence-electron chi connectivity index (χ3n) is 7.71. The quantitative estimate of drug-likeness (QED) is 0.101. The zero-order valence-electron chi connectivity index (χ0n) is 23.7. The third-order valence-corrected chi connectivity index (χ3v) is 8.70. The number of para-hydroxylation sites is 1. The van der Waals surface area contributed by atoms with Crippen LogP contribution < -0.4 is 4.57 Å². The number of nitrogens with zero attached hydrogens (tertiary/aromatic N) is 1. The number of halogens is 3. The van der Waals surface area contributed by atoms with Crippen molar-refractivity contribution in [2.75, 3.05) is 14.2 Å². The van der Waals surface area contributed by atoms with Crippen LogP contribution in [0.15, 0.2) is 112 Å².